The largest absolute Gasteiger partial charge is 0.497 e. The van der Waals surface area contributed by atoms with E-state index in [-0.39, 0.29) is 0 Å². The van der Waals surface area contributed by atoms with E-state index < -0.39 is 0 Å². The van der Waals surface area contributed by atoms with Gasteiger partial charge in [0.2, 0.25) is 0 Å². The fraction of sp³-hybridized carbons (Fsp3) is 0.611. The van der Waals surface area contributed by atoms with E-state index in [0.717, 1.165) is 42.5 Å². The van der Waals surface area contributed by atoms with Gasteiger partial charge in [0.05, 0.1) is 14.2 Å². The number of guanidine groups is 1. The first-order chi connectivity index (χ1) is 11.5. The van der Waals surface area contributed by atoms with E-state index in [4.69, 9.17) is 9.47 Å². The maximum absolute atomic E-state index is 5.42. The van der Waals surface area contributed by atoms with E-state index in [1.54, 1.807) is 21.3 Å². The molecule has 0 aliphatic carbocycles. The second kappa shape index (κ2) is 10.8. The number of methoxy groups -OCH3 is 2. The predicted octanol–water partition coefficient (Wildman–Crippen LogP) is 2.10. The minimum absolute atomic E-state index is 0.588. The Kier molecular flexibility index (Phi) is 9.01. The molecule has 0 saturated heterocycles. The highest BCUT2D eigenvalue weighted by Gasteiger charge is 2.08. The van der Waals surface area contributed by atoms with Gasteiger partial charge in [-0.15, -0.1) is 0 Å². The second-order valence-electron chi connectivity index (χ2n) is 5.77. The molecule has 0 aromatic heterocycles. The lowest BCUT2D eigenvalue weighted by atomic mass is 10.2. The number of hydrogen-bond donors (Lipinski definition) is 2. The number of likely N-dealkylation sites (N-methyl/N-ethyl adjacent to an activating group) is 1. The third-order valence-electron chi connectivity index (χ3n) is 4.26. The van der Waals surface area contributed by atoms with Crippen LogP contribution in [-0.4, -0.2) is 58.3 Å². The van der Waals surface area contributed by atoms with Gasteiger partial charge in [0, 0.05) is 44.4 Å². The average Bonchev–Trinajstić information content (AvgIpc) is 2.63. The van der Waals surface area contributed by atoms with Crippen LogP contribution in [0.5, 0.6) is 11.5 Å². The van der Waals surface area contributed by atoms with Gasteiger partial charge in [0.15, 0.2) is 5.96 Å². The molecule has 0 heterocycles. The van der Waals surface area contributed by atoms with Crippen LogP contribution < -0.4 is 20.1 Å². The van der Waals surface area contributed by atoms with Crippen LogP contribution in [0.2, 0.25) is 0 Å². The van der Waals surface area contributed by atoms with Crippen molar-refractivity contribution in [3.63, 3.8) is 0 Å². The maximum atomic E-state index is 5.42. The molecule has 0 aliphatic rings. The Morgan fingerprint density at radius 2 is 2.00 bits per heavy atom. The minimum Gasteiger partial charge on any atom is -0.497 e. The Bertz CT molecular complexity index is 520. The summed E-state index contributed by atoms with van der Waals surface area (Å²) in [6.45, 7) is 6.90. The van der Waals surface area contributed by atoms with E-state index >= 15 is 0 Å². The Balaban J connectivity index is 2.50. The van der Waals surface area contributed by atoms with E-state index in [1.807, 2.05) is 18.2 Å². The molecule has 0 fully saturated rings. The predicted molar refractivity (Wildman–Crippen MR) is 100 cm³/mol. The van der Waals surface area contributed by atoms with Crippen molar-refractivity contribution in [2.45, 2.75) is 32.9 Å². The highest BCUT2D eigenvalue weighted by Crippen LogP contribution is 2.24. The summed E-state index contributed by atoms with van der Waals surface area (Å²) in [5, 5.41) is 6.66. The highest BCUT2D eigenvalue weighted by molar-refractivity contribution is 5.79. The summed E-state index contributed by atoms with van der Waals surface area (Å²) in [4.78, 5) is 6.60. The number of rotatable bonds is 9. The van der Waals surface area contributed by atoms with Gasteiger partial charge in [0.1, 0.15) is 11.5 Å². The molecule has 1 atom stereocenters. The van der Waals surface area contributed by atoms with Crippen molar-refractivity contribution >= 4 is 5.96 Å². The molecule has 0 bridgehead atoms. The number of ether oxygens (including phenoxy) is 2. The number of nitrogens with zero attached hydrogens (tertiary/aromatic N) is 2. The number of aliphatic imine (C=N–C) groups is 1. The van der Waals surface area contributed by atoms with Crippen molar-refractivity contribution in [3.8, 4) is 11.5 Å². The Morgan fingerprint density at radius 3 is 2.58 bits per heavy atom. The van der Waals surface area contributed by atoms with E-state index in [9.17, 15) is 0 Å². The van der Waals surface area contributed by atoms with Gasteiger partial charge in [-0.3, -0.25) is 4.99 Å². The summed E-state index contributed by atoms with van der Waals surface area (Å²) >= 11 is 0. The first-order valence-corrected chi connectivity index (χ1v) is 8.41. The maximum Gasteiger partial charge on any atom is 0.191 e. The van der Waals surface area contributed by atoms with Crippen LogP contribution in [0, 0.1) is 0 Å². The SMILES string of the molecule is CCC(C)N(C)CCNC(=NC)NCc1ccc(OC)cc1OC. The monoisotopic (exact) mass is 336 g/mol. The Hall–Kier alpha value is -1.95. The summed E-state index contributed by atoms with van der Waals surface area (Å²) in [6, 6.07) is 6.39. The molecule has 2 N–H and O–H groups in total. The summed E-state index contributed by atoms with van der Waals surface area (Å²) in [5.74, 6) is 2.37. The van der Waals surface area contributed by atoms with Gasteiger partial charge < -0.3 is 25.0 Å². The lowest BCUT2D eigenvalue weighted by Crippen LogP contribution is -2.42. The molecule has 0 spiro atoms. The smallest absolute Gasteiger partial charge is 0.191 e. The Labute approximate surface area is 146 Å². The third-order valence-corrected chi connectivity index (χ3v) is 4.26. The number of nitrogens with one attached hydrogen (secondary N) is 2. The second-order valence-corrected chi connectivity index (χ2v) is 5.77. The van der Waals surface area contributed by atoms with E-state index in [0.29, 0.717) is 12.6 Å². The van der Waals surface area contributed by atoms with Crippen molar-refractivity contribution in [1.82, 2.24) is 15.5 Å². The van der Waals surface area contributed by atoms with Gasteiger partial charge in [-0.1, -0.05) is 6.92 Å². The van der Waals surface area contributed by atoms with Gasteiger partial charge in [-0.05, 0) is 32.5 Å². The topological polar surface area (TPSA) is 58.1 Å². The highest BCUT2D eigenvalue weighted by atomic mass is 16.5. The molecule has 0 radical (unpaired) electrons. The Morgan fingerprint density at radius 1 is 1.25 bits per heavy atom. The molecular weight excluding hydrogens is 304 g/mol. The molecule has 6 heteroatoms. The molecule has 24 heavy (non-hydrogen) atoms. The number of hydrogen-bond acceptors (Lipinski definition) is 4. The molecule has 0 amide bonds. The standard InChI is InChI=1S/C18H32N4O2/c1-7-14(2)22(4)11-10-20-18(19-3)21-13-15-8-9-16(23-5)12-17(15)24-6/h8-9,12,14H,7,10-11,13H2,1-6H3,(H2,19,20,21). The van der Waals surface area contributed by atoms with Crippen molar-refractivity contribution in [2.24, 2.45) is 4.99 Å². The fourth-order valence-electron chi connectivity index (χ4n) is 2.28. The minimum atomic E-state index is 0.588. The zero-order valence-electron chi connectivity index (χ0n) is 15.8. The van der Waals surface area contributed by atoms with Crippen LogP contribution in [0.1, 0.15) is 25.8 Å². The molecule has 0 saturated carbocycles. The quantitative estimate of drug-likeness (QED) is 0.534. The van der Waals surface area contributed by atoms with Crippen molar-refractivity contribution in [2.75, 3.05) is 41.4 Å². The summed E-state index contributed by atoms with van der Waals surface area (Å²) in [7, 11) is 7.23. The number of benzene rings is 1. The molecule has 1 aromatic rings. The zero-order valence-corrected chi connectivity index (χ0v) is 15.8. The summed E-state index contributed by atoms with van der Waals surface area (Å²) < 4.78 is 10.6. The van der Waals surface area contributed by atoms with Gasteiger partial charge in [-0.25, -0.2) is 0 Å². The van der Waals surface area contributed by atoms with Crippen molar-refractivity contribution < 1.29 is 9.47 Å². The molecule has 1 unspecified atom stereocenters. The van der Waals surface area contributed by atoms with Crippen LogP contribution in [-0.2, 0) is 6.54 Å². The van der Waals surface area contributed by atoms with Crippen LogP contribution in [0.3, 0.4) is 0 Å². The molecule has 0 aliphatic heterocycles. The molecule has 136 valence electrons. The molecule has 6 nitrogen and oxygen atoms in total. The van der Waals surface area contributed by atoms with E-state index in [1.165, 1.54) is 0 Å². The molecule has 1 rings (SSSR count). The molecular formula is C18H32N4O2. The fourth-order valence-corrected chi connectivity index (χ4v) is 2.28. The first kappa shape index (κ1) is 20.1. The van der Waals surface area contributed by atoms with Gasteiger partial charge in [-0.2, -0.15) is 0 Å². The average molecular weight is 336 g/mol. The zero-order chi connectivity index (χ0) is 17.9. The van der Waals surface area contributed by atoms with Crippen LogP contribution in [0.15, 0.2) is 23.2 Å². The lowest BCUT2D eigenvalue weighted by Gasteiger charge is -2.24. The van der Waals surface area contributed by atoms with Crippen LogP contribution >= 0.6 is 0 Å². The molecule has 1 aromatic carbocycles. The lowest BCUT2D eigenvalue weighted by molar-refractivity contribution is 0.255. The first-order valence-electron chi connectivity index (χ1n) is 8.41. The van der Waals surface area contributed by atoms with Crippen molar-refractivity contribution in [3.05, 3.63) is 23.8 Å². The van der Waals surface area contributed by atoms with Crippen LogP contribution in [0.4, 0.5) is 0 Å². The van der Waals surface area contributed by atoms with E-state index in [2.05, 4.69) is 41.4 Å². The third kappa shape index (κ3) is 6.28. The van der Waals surface area contributed by atoms with Crippen molar-refractivity contribution in [1.29, 1.82) is 0 Å². The van der Waals surface area contributed by atoms with Gasteiger partial charge >= 0.3 is 0 Å². The summed E-state index contributed by atoms with van der Waals surface area (Å²) in [5.41, 5.74) is 1.05. The van der Waals surface area contributed by atoms with Gasteiger partial charge in [0.25, 0.3) is 0 Å². The normalized spacial score (nSPS) is 12.9. The van der Waals surface area contributed by atoms with Crippen LogP contribution in [0.25, 0.3) is 0 Å². The summed E-state index contributed by atoms with van der Waals surface area (Å²) in [6.07, 6.45) is 1.15.